The van der Waals surface area contributed by atoms with E-state index < -0.39 is 33.1 Å². The maximum Gasteiger partial charge on any atom is 0.227 e. The molecule has 3 rings (SSSR count). The molecule has 7 nitrogen and oxygen atoms in total. The molecule has 0 aliphatic carbocycles. The Morgan fingerprint density at radius 3 is 2.50 bits per heavy atom. The Morgan fingerprint density at radius 1 is 1.07 bits per heavy atom. The normalized spacial score (nSPS) is 11.4. The maximum atomic E-state index is 13.5. The first-order valence-corrected chi connectivity index (χ1v) is 9.83. The lowest BCUT2D eigenvalue weighted by Crippen LogP contribution is -2.13. The molecule has 0 saturated heterocycles. The first kappa shape index (κ1) is 19.6. The van der Waals surface area contributed by atoms with Gasteiger partial charge in [0.2, 0.25) is 11.8 Å². The molecule has 0 spiro atoms. The van der Waals surface area contributed by atoms with Crippen LogP contribution in [0.4, 0.5) is 14.5 Å². The topological polar surface area (TPSA) is 102 Å². The number of aromatic nitrogens is 2. The van der Waals surface area contributed by atoms with E-state index in [0.717, 1.165) is 24.3 Å². The summed E-state index contributed by atoms with van der Waals surface area (Å²) < 4.78 is 55.9. The van der Waals surface area contributed by atoms with Crippen molar-refractivity contribution < 1.29 is 26.5 Å². The fourth-order valence-electron chi connectivity index (χ4n) is 2.34. The molecule has 28 heavy (non-hydrogen) atoms. The summed E-state index contributed by atoms with van der Waals surface area (Å²) in [5.41, 5.74) is 0.0594. The van der Waals surface area contributed by atoms with Crippen molar-refractivity contribution in [1.82, 2.24) is 10.1 Å². The van der Waals surface area contributed by atoms with Crippen LogP contribution in [0, 0.1) is 11.6 Å². The van der Waals surface area contributed by atoms with Crippen LogP contribution in [-0.2, 0) is 26.8 Å². The van der Waals surface area contributed by atoms with E-state index in [-0.39, 0.29) is 35.1 Å². The molecule has 0 fully saturated rings. The number of halogens is 2. The van der Waals surface area contributed by atoms with Crippen LogP contribution in [-0.4, -0.2) is 24.5 Å². The van der Waals surface area contributed by atoms with Gasteiger partial charge in [-0.1, -0.05) is 17.3 Å². The van der Waals surface area contributed by atoms with Crippen molar-refractivity contribution in [3.05, 3.63) is 71.9 Å². The Hall–Kier alpha value is -3.14. The number of carbonyl (C=O) groups excluding carboxylic acids is 1. The third-order valence-electron chi connectivity index (χ3n) is 3.72. The lowest BCUT2D eigenvalue weighted by atomic mass is 10.2. The first-order chi connectivity index (χ1) is 13.3. The summed E-state index contributed by atoms with van der Waals surface area (Å²) in [4.78, 5) is 15.8. The fourth-order valence-corrected chi connectivity index (χ4v) is 3.52. The van der Waals surface area contributed by atoms with Gasteiger partial charge in [0.15, 0.2) is 15.7 Å². The number of amides is 1. The van der Waals surface area contributed by atoms with Crippen LogP contribution >= 0.6 is 0 Å². The van der Waals surface area contributed by atoms with Gasteiger partial charge in [-0.15, -0.1) is 0 Å². The molecule has 0 saturated carbocycles. The Kier molecular flexibility index (Phi) is 5.78. The van der Waals surface area contributed by atoms with Crippen molar-refractivity contribution >= 4 is 21.4 Å². The molecule has 0 unspecified atom stereocenters. The highest BCUT2D eigenvalue weighted by atomic mass is 32.2. The number of aryl methyl sites for hydroxylation is 1. The summed E-state index contributed by atoms with van der Waals surface area (Å²) in [6, 6.07) is 10.1. The number of para-hydroxylation sites is 1. The highest BCUT2D eigenvalue weighted by Gasteiger charge is 2.20. The first-order valence-electron chi connectivity index (χ1n) is 8.18. The van der Waals surface area contributed by atoms with Crippen molar-refractivity contribution in [2.45, 2.75) is 23.5 Å². The van der Waals surface area contributed by atoms with Gasteiger partial charge in [-0.05, 0) is 36.4 Å². The summed E-state index contributed by atoms with van der Waals surface area (Å²) in [6.07, 6.45) is 0.00453. The molecule has 0 atom stereocenters. The van der Waals surface area contributed by atoms with Gasteiger partial charge in [0, 0.05) is 12.8 Å². The number of rotatable bonds is 7. The van der Waals surface area contributed by atoms with Gasteiger partial charge in [0.05, 0.1) is 10.6 Å². The molecule has 1 aromatic heterocycles. The molecule has 0 radical (unpaired) electrons. The zero-order valence-electron chi connectivity index (χ0n) is 14.4. The zero-order chi connectivity index (χ0) is 20.1. The van der Waals surface area contributed by atoms with Crippen LogP contribution in [0.15, 0.2) is 57.9 Å². The van der Waals surface area contributed by atoms with Crippen LogP contribution in [0.2, 0.25) is 0 Å². The van der Waals surface area contributed by atoms with E-state index in [9.17, 15) is 22.0 Å². The minimum atomic E-state index is -3.77. The van der Waals surface area contributed by atoms with E-state index in [0.29, 0.717) is 0 Å². The fraction of sp³-hybridized carbons (Fsp3) is 0.167. The van der Waals surface area contributed by atoms with Gasteiger partial charge in [-0.3, -0.25) is 4.79 Å². The monoisotopic (exact) mass is 407 g/mol. The van der Waals surface area contributed by atoms with Crippen LogP contribution in [0.5, 0.6) is 0 Å². The second-order valence-electron chi connectivity index (χ2n) is 5.85. The molecule has 3 aromatic rings. The summed E-state index contributed by atoms with van der Waals surface area (Å²) in [7, 11) is -3.77. The largest absolute Gasteiger partial charge is 0.339 e. The molecule has 1 amide bonds. The van der Waals surface area contributed by atoms with Gasteiger partial charge in [-0.25, -0.2) is 17.2 Å². The molecule has 1 N–H and O–H groups in total. The Morgan fingerprint density at radius 2 is 1.79 bits per heavy atom. The molecule has 0 bridgehead atoms. The van der Waals surface area contributed by atoms with Crippen molar-refractivity contribution in [2.75, 3.05) is 5.32 Å². The molecule has 1 heterocycles. The van der Waals surface area contributed by atoms with Crippen molar-refractivity contribution in [3.8, 4) is 0 Å². The zero-order valence-corrected chi connectivity index (χ0v) is 15.2. The lowest BCUT2D eigenvalue weighted by molar-refractivity contribution is -0.116. The second-order valence-corrected chi connectivity index (χ2v) is 7.83. The Labute approximate surface area is 159 Å². The van der Waals surface area contributed by atoms with E-state index in [1.807, 2.05) is 0 Å². The maximum absolute atomic E-state index is 13.5. The highest BCUT2D eigenvalue weighted by Crippen LogP contribution is 2.16. The number of anilines is 1. The molecule has 0 aliphatic rings. The second kappa shape index (κ2) is 8.26. The predicted octanol–water partition coefficient (Wildman–Crippen LogP) is 2.89. The van der Waals surface area contributed by atoms with E-state index in [1.54, 1.807) is 6.07 Å². The van der Waals surface area contributed by atoms with Gasteiger partial charge >= 0.3 is 0 Å². The minimum absolute atomic E-state index is 0.0549. The summed E-state index contributed by atoms with van der Waals surface area (Å²) in [5, 5.41) is 6.01. The van der Waals surface area contributed by atoms with E-state index >= 15 is 0 Å². The van der Waals surface area contributed by atoms with Gasteiger partial charge in [-0.2, -0.15) is 4.98 Å². The SMILES string of the molecule is O=C(CCc1nc(CS(=O)(=O)c2ccc(F)cc2)no1)Nc1ccccc1F. The molecule has 2 aromatic carbocycles. The summed E-state index contributed by atoms with van der Waals surface area (Å²) in [6.45, 7) is 0. The molecule has 10 heteroatoms. The van der Waals surface area contributed by atoms with Gasteiger partial charge in [0.1, 0.15) is 17.4 Å². The standard InChI is InChI=1S/C18H15F2N3O4S/c19-12-5-7-13(8-6-12)28(25,26)11-16-22-18(27-23-16)10-9-17(24)21-15-4-2-1-3-14(15)20/h1-8H,9-11H2,(H,21,24). The predicted molar refractivity (Wildman–Crippen MR) is 94.9 cm³/mol. The number of benzene rings is 2. The molecular weight excluding hydrogens is 392 g/mol. The molecule has 0 aliphatic heterocycles. The number of hydrogen-bond donors (Lipinski definition) is 1. The number of nitrogens with zero attached hydrogens (tertiary/aromatic N) is 2. The number of hydrogen-bond acceptors (Lipinski definition) is 6. The average molecular weight is 407 g/mol. The van der Waals surface area contributed by atoms with Crippen LogP contribution in [0.25, 0.3) is 0 Å². The van der Waals surface area contributed by atoms with Crippen LogP contribution < -0.4 is 5.32 Å². The van der Waals surface area contributed by atoms with Crippen LogP contribution in [0.3, 0.4) is 0 Å². The Bertz CT molecular complexity index is 1080. The quantitative estimate of drug-likeness (QED) is 0.604. The highest BCUT2D eigenvalue weighted by molar-refractivity contribution is 7.90. The van der Waals surface area contributed by atoms with E-state index in [2.05, 4.69) is 15.5 Å². The summed E-state index contributed by atoms with van der Waals surface area (Å²) >= 11 is 0. The Balaban J connectivity index is 1.57. The lowest BCUT2D eigenvalue weighted by Gasteiger charge is -2.04. The minimum Gasteiger partial charge on any atom is -0.339 e. The van der Waals surface area contributed by atoms with Crippen LogP contribution in [0.1, 0.15) is 18.1 Å². The number of carbonyl (C=O) groups is 1. The van der Waals surface area contributed by atoms with Crippen molar-refractivity contribution in [1.29, 1.82) is 0 Å². The molecular formula is C18H15F2N3O4S. The number of nitrogens with one attached hydrogen (secondary N) is 1. The van der Waals surface area contributed by atoms with E-state index in [1.165, 1.54) is 18.2 Å². The smallest absolute Gasteiger partial charge is 0.227 e. The van der Waals surface area contributed by atoms with E-state index in [4.69, 9.17) is 4.52 Å². The van der Waals surface area contributed by atoms with Crippen molar-refractivity contribution in [3.63, 3.8) is 0 Å². The van der Waals surface area contributed by atoms with Gasteiger partial charge in [0.25, 0.3) is 0 Å². The number of sulfone groups is 1. The third-order valence-corrected chi connectivity index (χ3v) is 5.34. The average Bonchev–Trinajstić information content (AvgIpc) is 3.09. The van der Waals surface area contributed by atoms with Gasteiger partial charge < -0.3 is 9.84 Å². The summed E-state index contributed by atoms with van der Waals surface area (Å²) in [5.74, 6) is -2.08. The third kappa shape index (κ3) is 4.97. The molecule has 146 valence electrons. The van der Waals surface area contributed by atoms with Crippen molar-refractivity contribution in [2.24, 2.45) is 0 Å².